The molecular weight excluding hydrogens is 120 g/mol. The van der Waals surface area contributed by atoms with E-state index in [4.69, 9.17) is 0 Å². The minimum absolute atomic E-state index is 0.447. The maximum absolute atomic E-state index is 2.44. The van der Waals surface area contributed by atoms with Crippen molar-refractivity contribution in [2.24, 2.45) is 11.3 Å². The van der Waals surface area contributed by atoms with E-state index in [1.54, 1.807) is 0 Å². The molecule has 1 rings (SSSR count). The van der Waals surface area contributed by atoms with Crippen molar-refractivity contribution >= 4 is 0 Å². The van der Waals surface area contributed by atoms with Gasteiger partial charge >= 0.3 is 0 Å². The summed E-state index contributed by atoms with van der Waals surface area (Å²) in [7, 11) is 0. The van der Waals surface area contributed by atoms with Gasteiger partial charge in [-0.25, -0.2) is 0 Å². The number of hydrogen-bond donors (Lipinski definition) is 0. The fourth-order valence-electron chi connectivity index (χ4n) is 1.62. The van der Waals surface area contributed by atoms with E-state index < -0.39 is 0 Å². The molecule has 0 aliphatic heterocycles. The van der Waals surface area contributed by atoms with Crippen LogP contribution in [0.4, 0.5) is 0 Å². The molecule has 0 aromatic rings. The second kappa shape index (κ2) is 2.77. The molecule has 1 aliphatic carbocycles. The molecular formula is C10H17. The molecule has 0 heteroatoms. The summed E-state index contributed by atoms with van der Waals surface area (Å²) in [5.41, 5.74) is 0.447. The standard InChI is InChI=1S/C10H17/c1-9-6-4-5-7-10(2,3)8-9/h4,6,8-9H,5,7H2,1-3H3. The van der Waals surface area contributed by atoms with Gasteiger partial charge in [0.1, 0.15) is 0 Å². The third-order valence-corrected chi connectivity index (χ3v) is 2.11. The molecule has 0 heterocycles. The van der Waals surface area contributed by atoms with Crippen molar-refractivity contribution in [2.45, 2.75) is 33.6 Å². The van der Waals surface area contributed by atoms with Crippen molar-refractivity contribution in [3.63, 3.8) is 0 Å². The molecule has 0 amide bonds. The highest BCUT2D eigenvalue weighted by molar-refractivity contribution is 5.03. The second-order valence-corrected chi connectivity index (χ2v) is 3.98. The molecule has 0 nitrogen and oxygen atoms in total. The lowest BCUT2D eigenvalue weighted by atomic mass is 9.82. The van der Waals surface area contributed by atoms with Gasteiger partial charge in [0, 0.05) is 0 Å². The van der Waals surface area contributed by atoms with Crippen LogP contribution >= 0.6 is 0 Å². The van der Waals surface area contributed by atoms with Crippen molar-refractivity contribution in [1.82, 2.24) is 0 Å². The fourth-order valence-corrected chi connectivity index (χ4v) is 1.62. The quantitative estimate of drug-likeness (QED) is 0.450. The topological polar surface area (TPSA) is 0 Å². The van der Waals surface area contributed by atoms with Crippen LogP contribution in [-0.4, -0.2) is 0 Å². The summed E-state index contributed by atoms with van der Waals surface area (Å²) >= 11 is 0. The minimum atomic E-state index is 0.447. The fraction of sp³-hybridized carbons (Fsp3) is 0.700. The van der Waals surface area contributed by atoms with Gasteiger partial charge in [-0.15, -0.1) is 0 Å². The third-order valence-electron chi connectivity index (χ3n) is 2.11. The predicted molar refractivity (Wildman–Crippen MR) is 45.6 cm³/mol. The Morgan fingerprint density at radius 3 is 2.80 bits per heavy atom. The van der Waals surface area contributed by atoms with Crippen LogP contribution in [-0.2, 0) is 0 Å². The molecule has 1 unspecified atom stereocenters. The number of hydrogen-bond acceptors (Lipinski definition) is 0. The van der Waals surface area contributed by atoms with Crippen LogP contribution in [0, 0.1) is 17.8 Å². The van der Waals surface area contributed by atoms with Crippen LogP contribution in [0.25, 0.3) is 0 Å². The summed E-state index contributed by atoms with van der Waals surface area (Å²) < 4.78 is 0. The average Bonchev–Trinajstić information content (AvgIpc) is 1.90. The minimum Gasteiger partial charge on any atom is -0.0882 e. The number of rotatable bonds is 0. The van der Waals surface area contributed by atoms with Crippen molar-refractivity contribution in [3.05, 3.63) is 18.6 Å². The molecule has 0 spiro atoms. The third kappa shape index (κ3) is 2.17. The molecule has 0 N–H and O–H groups in total. The van der Waals surface area contributed by atoms with E-state index in [0.717, 1.165) is 0 Å². The van der Waals surface area contributed by atoms with Crippen LogP contribution in [0.5, 0.6) is 0 Å². The Balaban J connectivity index is 2.55. The van der Waals surface area contributed by atoms with E-state index in [9.17, 15) is 0 Å². The van der Waals surface area contributed by atoms with Crippen molar-refractivity contribution in [3.8, 4) is 0 Å². The Hall–Kier alpha value is -0.260. The van der Waals surface area contributed by atoms with Gasteiger partial charge in [0.15, 0.2) is 0 Å². The van der Waals surface area contributed by atoms with Gasteiger partial charge < -0.3 is 0 Å². The van der Waals surface area contributed by atoms with Crippen molar-refractivity contribution in [1.29, 1.82) is 0 Å². The van der Waals surface area contributed by atoms with Crippen LogP contribution in [0.15, 0.2) is 12.2 Å². The lowest BCUT2D eigenvalue weighted by Gasteiger charge is -2.23. The first-order chi connectivity index (χ1) is 4.60. The van der Waals surface area contributed by atoms with E-state index in [1.807, 2.05) is 0 Å². The Morgan fingerprint density at radius 2 is 2.10 bits per heavy atom. The number of allylic oxidation sites excluding steroid dienone is 2. The SMILES string of the molecule is CC1[CH]C(C)(C)CCC=C1. The van der Waals surface area contributed by atoms with E-state index >= 15 is 0 Å². The van der Waals surface area contributed by atoms with Crippen LogP contribution in [0.2, 0.25) is 0 Å². The van der Waals surface area contributed by atoms with Gasteiger partial charge in [-0.1, -0.05) is 32.9 Å². The van der Waals surface area contributed by atoms with Gasteiger partial charge in [0.2, 0.25) is 0 Å². The maximum atomic E-state index is 2.44. The van der Waals surface area contributed by atoms with Crippen LogP contribution < -0.4 is 0 Å². The lowest BCUT2D eigenvalue weighted by molar-refractivity contribution is 0.384. The first-order valence-electron chi connectivity index (χ1n) is 4.13. The van der Waals surface area contributed by atoms with Gasteiger partial charge in [0.05, 0.1) is 0 Å². The molecule has 0 aromatic heterocycles. The monoisotopic (exact) mass is 137 g/mol. The molecule has 1 radical (unpaired) electrons. The molecule has 0 saturated carbocycles. The van der Waals surface area contributed by atoms with E-state index in [1.165, 1.54) is 12.8 Å². The molecule has 0 bridgehead atoms. The zero-order chi connectivity index (χ0) is 7.61. The Morgan fingerprint density at radius 1 is 1.40 bits per heavy atom. The lowest BCUT2D eigenvalue weighted by Crippen LogP contribution is -2.13. The second-order valence-electron chi connectivity index (χ2n) is 3.98. The van der Waals surface area contributed by atoms with E-state index in [2.05, 4.69) is 39.3 Å². The Kier molecular flexibility index (Phi) is 2.18. The van der Waals surface area contributed by atoms with Crippen LogP contribution in [0.3, 0.4) is 0 Å². The van der Waals surface area contributed by atoms with Crippen LogP contribution in [0.1, 0.15) is 33.6 Å². The first kappa shape index (κ1) is 7.84. The molecule has 0 fully saturated rings. The van der Waals surface area contributed by atoms with Crippen molar-refractivity contribution < 1.29 is 0 Å². The molecule has 1 aliphatic rings. The highest BCUT2D eigenvalue weighted by Crippen LogP contribution is 2.32. The smallest absolute Gasteiger partial charge is 0.0225 e. The highest BCUT2D eigenvalue weighted by atomic mass is 14.3. The first-order valence-corrected chi connectivity index (χ1v) is 4.13. The summed E-state index contributed by atoms with van der Waals surface area (Å²) in [5.74, 6) is 0.664. The van der Waals surface area contributed by atoms with Crippen molar-refractivity contribution in [2.75, 3.05) is 0 Å². The average molecular weight is 137 g/mol. The van der Waals surface area contributed by atoms with Gasteiger partial charge in [-0.3, -0.25) is 0 Å². The van der Waals surface area contributed by atoms with E-state index in [0.29, 0.717) is 11.3 Å². The zero-order valence-corrected chi connectivity index (χ0v) is 7.22. The normalized spacial score (nSPS) is 31.7. The zero-order valence-electron chi connectivity index (χ0n) is 7.22. The molecule has 0 aromatic carbocycles. The van der Waals surface area contributed by atoms with E-state index in [-0.39, 0.29) is 0 Å². The van der Waals surface area contributed by atoms with Gasteiger partial charge in [0.25, 0.3) is 0 Å². The largest absolute Gasteiger partial charge is 0.0882 e. The summed E-state index contributed by atoms with van der Waals surface area (Å²) in [6.45, 7) is 6.89. The molecule has 1 atom stereocenters. The molecule has 57 valence electrons. The predicted octanol–water partition coefficient (Wildman–Crippen LogP) is 3.20. The Labute approximate surface area is 64.3 Å². The maximum Gasteiger partial charge on any atom is -0.0225 e. The summed E-state index contributed by atoms with van der Waals surface area (Å²) in [6, 6.07) is 0. The highest BCUT2D eigenvalue weighted by Gasteiger charge is 2.21. The summed E-state index contributed by atoms with van der Waals surface area (Å²) in [4.78, 5) is 0. The Bertz CT molecular complexity index is 131. The van der Waals surface area contributed by atoms with Gasteiger partial charge in [-0.2, -0.15) is 0 Å². The molecule has 0 saturated heterocycles. The summed E-state index contributed by atoms with van der Waals surface area (Å²) in [6.07, 6.45) is 9.59. The summed E-state index contributed by atoms with van der Waals surface area (Å²) in [5, 5.41) is 0. The van der Waals surface area contributed by atoms with Gasteiger partial charge in [-0.05, 0) is 30.6 Å². The molecule has 10 heavy (non-hydrogen) atoms.